The van der Waals surface area contributed by atoms with Gasteiger partial charge < -0.3 is 10.5 Å². The van der Waals surface area contributed by atoms with Crippen molar-refractivity contribution < 1.29 is 9.53 Å². The van der Waals surface area contributed by atoms with Crippen LogP contribution >= 0.6 is 11.6 Å². The van der Waals surface area contributed by atoms with E-state index in [1.165, 1.54) is 13.2 Å². The average molecular weight is 313 g/mol. The van der Waals surface area contributed by atoms with Crippen LogP contribution in [0.4, 0.5) is 5.95 Å². The van der Waals surface area contributed by atoms with Crippen LogP contribution in [0.15, 0.2) is 6.07 Å². The maximum atomic E-state index is 12.6. The highest BCUT2D eigenvalue weighted by Crippen LogP contribution is 2.35. The molecule has 1 aromatic heterocycles. The predicted octanol–water partition coefficient (Wildman–Crippen LogP) is 2.38. The molecule has 1 aliphatic carbocycles. The summed E-state index contributed by atoms with van der Waals surface area (Å²) in [4.78, 5) is 20.7. The molecule has 0 unspecified atom stereocenters. The highest BCUT2D eigenvalue weighted by molar-refractivity contribution is 6.29. The first-order chi connectivity index (χ1) is 10.1. The van der Waals surface area contributed by atoms with E-state index in [1.807, 2.05) is 0 Å². The van der Waals surface area contributed by atoms with Crippen LogP contribution in [-0.2, 0) is 4.79 Å². The van der Waals surface area contributed by atoms with Crippen molar-refractivity contribution in [2.24, 2.45) is 11.1 Å². The van der Waals surface area contributed by atoms with E-state index in [0.717, 1.165) is 38.5 Å². The molecule has 0 spiro atoms. The van der Waals surface area contributed by atoms with E-state index in [9.17, 15) is 4.79 Å². The van der Waals surface area contributed by atoms with Gasteiger partial charge in [-0.3, -0.25) is 10.1 Å². The van der Waals surface area contributed by atoms with Gasteiger partial charge in [0.15, 0.2) is 0 Å². The smallest absolute Gasteiger partial charge is 0.234 e. The standard InChI is InChI=1S/C14H21ClN4O2/c1-21-11-8-10(15)17-13(18-11)19-12(20)14(9-16)6-4-2-3-5-7-14/h8H,2-7,9,16H2,1H3,(H,17,18,19,20). The minimum atomic E-state index is -0.532. The Labute approximate surface area is 129 Å². The van der Waals surface area contributed by atoms with Crippen molar-refractivity contribution in [3.05, 3.63) is 11.2 Å². The van der Waals surface area contributed by atoms with Gasteiger partial charge >= 0.3 is 0 Å². The first kappa shape index (κ1) is 16.0. The summed E-state index contributed by atoms with van der Waals surface area (Å²) >= 11 is 5.89. The molecule has 7 heteroatoms. The molecule has 1 amide bonds. The molecule has 0 atom stereocenters. The summed E-state index contributed by atoms with van der Waals surface area (Å²) < 4.78 is 5.02. The van der Waals surface area contributed by atoms with Crippen LogP contribution in [0, 0.1) is 5.41 Å². The summed E-state index contributed by atoms with van der Waals surface area (Å²) in [6, 6.07) is 1.49. The topological polar surface area (TPSA) is 90.1 Å². The Hall–Kier alpha value is -1.40. The van der Waals surface area contributed by atoms with Crippen molar-refractivity contribution in [3.63, 3.8) is 0 Å². The largest absolute Gasteiger partial charge is 0.481 e. The van der Waals surface area contributed by atoms with E-state index in [-0.39, 0.29) is 17.0 Å². The molecule has 21 heavy (non-hydrogen) atoms. The number of rotatable bonds is 4. The number of carbonyl (C=O) groups excluding carboxylic acids is 1. The first-order valence-corrected chi connectivity index (χ1v) is 7.57. The Morgan fingerprint density at radius 1 is 1.38 bits per heavy atom. The van der Waals surface area contributed by atoms with E-state index < -0.39 is 5.41 Å². The van der Waals surface area contributed by atoms with Crippen LogP contribution in [0.2, 0.25) is 5.15 Å². The molecule has 3 N–H and O–H groups in total. The van der Waals surface area contributed by atoms with Gasteiger partial charge in [0.2, 0.25) is 17.7 Å². The molecule has 6 nitrogen and oxygen atoms in total. The Balaban J connectivity index is 2.17. The van der Waals surface area contributed by atoms with Crippen LogP contribution in [0.5, 0.6) is 5.88 Å². The quantitative estimate of drug-likeness (QED) is 0.658. The molecule has 0 radical (unpaired) electrons. The predicted molar refractivity (Wildman–Crippen MR) is 81.4 cm³/mol. The zero-order chi connectivity index (χ0) is 15.3. The van der Waals surface area contributed by atoms with Gasteiger partial charge in [0.1, 0.15) is 5.15 Å². The number of halogens is 1. The molecular weight excluding hydrogens is 292 g/mol. The van der Waals surface area contributed by atoms with E-state index >= 15 is 0 Å². The van der Waals surface area contributed by atoms with Gasteiger partial charge in [0.25, 0.3) is 0 Å². The molecule has 0 aromatic carbocycles. The molecule has 1 saturated carbocycles. The zero-order valence-corrected chi connectivity index (χ0v) is 12.9. The fourth-order valence-electron chi connectivity index (χ4n) is 2.72. The Bertz CT molecular complexity index is 502. The van der Waals surface area contributed by atoms with E-state index in [0.29, 0.717) is 12.4 Å². The summed E-state index contributed by atoms with van der Waals surface area (Å²) in [5.41, 5.74) is 5.36. The molecule has 1 aromatic rings. The maximum absolute atomic E-state index is 12.6. The lowest BCUT2D eigenvalue weighted by atomic mass is 9.79. The molecular formula is C14H21ClN4O2. The van der Waals surface area contributed by atoms with E-state index in [1.54, 1.807) is 0 Å². The molecule has 1 aliphatic rings. The Kier molecular flexibility index (Phi) is 5.36. The second kappa shape index (κ2) is 7.04. The third-order valence-corrected chi connectivity index (χ3v) is 4.23. The van der Waals surface area contributed by atoms with Crippen molar-refractivity contribution in [1.82, 2.24) is 9.97 Å². The lowest BCUT2D eigenvalue weighted by Crippen LogP contribution is -2.42. The summed E-state index contributed by atoms with van der Waals surface area (Å²) in [6.45, 7) is 0.330. The molecule has 2 rings (SSSR count). The summed E-state index contributed by atoms with van der Waals surface area (Å²) in [7, 11) is 1.48. The number of ether oxygens (including phenoxy) is 1. The van der Waals surface area contributed by atoms with Crippen molar-refractivity contribution in [1.29, 1.82) is 0 Å². The van der Waals surface area contributed by atoms with Gasteiger partial charge in [-0.05, 0) is 12.8 Å². The second-order valence-corrected chi connectivity index (χ2v) is 5.80. The van der Waals surface area contributed by atoms with Crippen LogP contribution in [0.1, 0.15) is 38.5 Å². The average Bonchev–Trinajstić information content (AvgIpc) is 2.73. The molecule has 0 bridgehead atoms. The van der Waals surface area contributed by atoms with Gasteiger partial charge in [0, 0.05) is 12.6 Å². The molecule has 1 heterocycles. The fourth-order valence-corrected chi connectivity index (χ4v) is 2.89. The van der Waals surface area contributed by atoms with Crippen LogP contribution in [0.25, 0.3) is 0 Å². The Morgan fingerprint density at radius 2 is 2.05 bits per heavy atom. The van der Waals surface area contributed by atoms with Crippen molar-refractivity contribution in [3.8, 4) is 5.88 Å². The molecule has 0 aliphatic heterocycles. The lowest BCUT2D eigenvalue weighted by molar-refractivity contribution is -0.125. The third-order valence-electron chi connectivity index (χ3n) is 4.04. The highest BCUT2D eigenvalue weighted by Gasteiger charge is 2.37. The number of methoxy groups -OCH3 is 1. The number of nitrogens with one attached hydrogen (secondary N) is 1. The number of carbonyl (C=O) groups is 1. The van der Waals surface area contributed by atoms with Crippen LogP contribution < -0.4 is 15.8 Å². The number of anilines is 1. The van der Waals surface area contributed by atoms with E-state index in [4.69, 9.17) is 22.1 Å². The van der Waals surface area contributed by atoms with E-state index in [2.05, 4.69) is 15.3 Å². The zero-order valence-electron chi connectivity index (χ0n) is 12.2. The van der Waals surface area contributed by atoms with Gasteiger partial charge in [-0.25, -0.2) is 4.98 Å². The minimum Gasteiger partial charge on any atom is -0.481 e. The van der Waals surface area contributed by atoms with Gasteiger partial charge in [-0.2, -0.15) is 4.98 Å². The maximum Gasteiger partial charge on any atom is 0.234 e. The summed E-state index contributed by atoms with van der Waals surface area (Å²) in [5, 5.41) is 2.96. The van der Waals surface area contributed by atoms with Crippen molar-refractivity contribution in [2.45, 2.75) is 38.5 Å². The second-order valence-electron chi connectivity index (χ2n) is 5.41. The van der Waals surface area contributed by atoms with Crippen molar-refractivity contribution >= 4 is 23.5 Å². The summed E-state index contributed by atoms with van der Waals surface area (Å²) in [6.07, 6.45) is 5.93. The molecule has 116 valence electrons. The third kappa shape index (κ3) is 3.83. The SMILES string of the molecule is COc1cc(Cl)nc(NC(=O)C2(CN)CCCCCC2)n1. The lowest BCUT2D eigenvalue weighted by Gasteiger charge is -2.29. The van der Waals surface area contributed by atoms with Gasteiger partial charge in [-0.15, -0.1) is 0 Å². The fraction of sp³-hybridized carbons (Fsp3) is 0.643. The number of hydrogen-bond acceptors (Lipinski definition) is 5. The molecule has 1 fully saturated rings. The normalized spacial score (nSPS) is 17.9. The number of aromatic nitrogens is 2. The summed E-state index contributed by atoms with van der Waals surface area (Å²) in [5.74, 6) is 0.339. The molecule has 0 saturated heterocycles. The minimum absolute atomic E-state index is 0.129. The van der Waals surface area contributed by atoms with Gasteiger partial charge in [0.05, 0.1) is 12.5 Å². The number of nitrogens with two attached hydrogens (primary N) is 1. The first-order valence-electron chi connectivity index (χ1n) is 7.20. The number of nitrogens with zero attached hydrogens (tertiary/aromatic N) is 2. The Morgan fingerprint density at radius 3 is 2.62 bits per heavy atom. The van der Waals surface area contributed by atoms with Crippen LogP contribution in [0.3, 0.4) is 0 Å². The highest BCUT2D eigenvalue weighted by atomic mass is 35.5. The van der Waals surface area contributed by atoms with Crippen molar-refractivity contribution in [2.75, 3.05) is 19.0 Å². The van der Waals surface area contributed by atoms with Crippen LogP contribution in [-0.4, -0.2) is 29.5 Å². The monoisotopic (exact) mass is 312 g/mol. The van der Waals surface area contributed by atoms with Gasteiger partial charge in [-0.1, -0.05) is 37.3 Å². The number of amides is 1. The number of hydrogen-bond donors (Lipinski definition) is 2.